The third kappa shape index (κ3) is 5.42. The van der Waals surface area contributed by atoms with Crippen LogP contribution in [-0.4, -0.2) is 42.8 Å². The van der Waals surface area contributed by atoms with E-state index >= 15 is 0 Å². The van der Waals surface area contributed by atoms with Crippen LogP contribution < -0.4 is 10.6 Å². The first-order chi connectivity index (χ1) is 12.4. The number of nitrogens with zero attached hydrogens (tertiary/aromatic N) is 1. The van der Waals surface area contributed by atoms with Gasteiger partial charge in [-0.15, -0.1) is 11.3 Å². The summed E-state index contributed by atoms with van der Waals surface area (Å²) in [6, 6.07) is 9.31. The van der Waals surface area contributed by atoms with Crippen molar-refractivity contribution in [3.05, 3.63) is 51.7 Å². The number of hydrogen-bond acceptors (Lipinski definition) is 4. The summed E-state index contributed by atoms with van der Waals surface area (Å²) in [4.78, 5) is 38.1. The van der Waals surface area contributed by atoms with E-state index in [9.17, 15) is 14.4 Å². The molecule has 7 heteroatoms. The fourth-order valence-corrected chi connectivity index (χ4v) is 3.10. The van der Waals surface area contributed by atoms with Crippen molar-refractivity contribution in [2.24, 2.45) is 0 Å². The first-order valence-corrected chi connectivity index (χ1v) is 9.18. The van der Waals surface area contributed by atoms with E-state index in [1.807, 2.05) is 37.4 Å². The first-order valence-electron chi connectivity index (χ1n) is 8.30. The number of carbonyl (C=O) groups excluding carboxylic acids is 3. The number of likely N-dealkylation sites (N-methyl/N-ethyl adjacent to an activating group) is 1. The molecule has 0 aliphatic heterocycles. The van der Waals surface area contributed by atoms with Crippen molar-refractivity contribution in [2.75, 3.05) is 25.5 Å². The molecule has 2 N–H and O–H groups in total. The van der Waals surface area contributed by atoms with Crippen molar-refractivity contribution in [3.63, 3.8) is 0 Å². The summed E-state index contributed by atoms with van der Waals surface area (Å²) in [6.45, 7) is 4.05. The van der Waals surface area contributed by atoms with Crippen molar-refractivity contribution in [1.29, 1.82) is 0 Å². The molecule has 6 nitrogen and oxygen atoms in total. The molecule has 26 heavy (non-hydrogen) atoms. The molecule has 3 amide bonds. The van der Waals surface area contributed by atoms with Gasteiger partial charge in [-0.3, -0.25) is 14.4 Å². The number of rotatable bonds is 7. The minimum atomic E-state index is -0.249. The minimum Gasteiger partial charge on any atom is -0.351 e. The predicted octanol–water partition coefficient (Wildman–Crippen LogP) is 2.58. The molecule has 0 fully saturated rings. The molecule has 138 valence electrons. The van der Waals surface area contributed by atoms with Gasteiger partial charge in [-0.05, 0) is 36.4 Å². The van der Waals surface area contributed by atoms with Crippen LogP contribution in [0.25, 0.3) is 0 Å². The average molecular weight is 373 g/mol. The predicted molar refractivity (Wildman–Crippen MR) is 103 cm³/mol. The summed E-state index contributed by atoms with van der Waals surface area (Å²) in [7, 11) is 1.58. The zero-order valence-corrected chi connectivity index (χ0v) is 16.0. The van der Waals surface area contributed by atoms with Gasteiger partial charge in [0.05, 0.1) is 11.4 Å². The Kier molecular flexibility index (Phi) is 6.91. The van der Waals surface area contributed by atoms with Crippen LogP contribution in [0.1, 0.15) is 27.2 Å². The lowest BCUT2D eigenvalue weighted by molar-refractivity contribution is -0.133. The maximum atomic E-state index is 12.2. The van der Waals surface area contributed by atoms with Crippen LogP contribution in [0, 0.1) is 13.8 Å². The number of nitrogens with one attached hydrogen (secondary N) is 2. The van der Waals surface area contributed by atoms with Gasteiger partial charge in [-0.1, -0.05) is 24.3 Å². The smallest absolute Gasteiger partial charge is 0.261 e. The highest BCUT2D eigenvalue weighted by Gasteiger charge is 2.15. The van der Waals surface area contributed by atoms with Crippen LogP contribution in [0.2, 0.25) is 0 Å². The van der Waals surface area contributed by atoms with Crippen LogP contribution in [0.4, 0.5) is 5.69 Å². The number of amides is 3. The van der Waals surface area contributed by atoms with Gasteiger partial charge >= 0.3 is 0 Å². The van der Waals surface area contributed by atoms with E-state index in [4.69, 9.17) is 0 Å². The lowest BCUT2D eigenvalue weighted by Gasteiger charge is -2.18. The number of thiophene rings is 1. The molecule has 0 atom stereocenters. The minimum absolute atomic E-state index is 0.0362. The van der Waals surface area contributed by atoms with Crippen LogP contribution >= 0.6 is 11.3 Å². The van der Waals surface area contributed by atoms with Gasteiger partial charge in [-0.25, -0.2) is 0 Å². The van der Waals surface area contributed by atoms with E-state index < -0.39 is 0 Å². The molecule has 2 aromatic rings. The summed E-state index contributed by atoms with van der Waals surface area (Å²) >= 11 is 1.35. The number of para-hydroxylation sites is 1. The van der Waals surface area contributed by atoms with E-state index in [-0.39, 0.29) is 37.2 Å². The quantitative estimate of drug-likeness (QED) is 0.783. The van der Waals surface area contributed by atoms with E-state index in [1.54, 1.807) is 19.2 Å². The Hall–Kier alpha value is -2.67. The normalized spacial score (nSPS) is 10.3. The Morgan fingerprint density at radius 2 is 1.77 bits per heavy atom. The fourth-order valence-electron chi connectivity index (χ4n) is 2.46. The highest BCUT2D eigenvalue weighted by molar-refractivity contribution is 7.12. The summed E-state index contributed by atoms with van der Waals surface area (Å²) in [5.74, 6) is -0.641. The molecule has 0 unspecified atom stereocenters. The average Bonchev–Trinajstić information content (AvgIpc) is 3.12. The molecule has 0 aliphatic rings. The molecule has 1 aromatic heterocycles. The van der Waals surface area contributed by atoms with Crippen LogP contribution in [0.3, 0.4) is 0 Å². The Balaban J connectivity index is 1.77. The van der Waals surface area contributed by atoms with E-state index in [0.29, 0.717) is 4.88 Å². The topological polar surface area (TPSA) is 78.5 Å². The summed E-state index contributed by atoms with van der Waals surface area (Å²) in [5, 5.41) is 7.38. The van der Waals surface area contributed by atoms with Crippen molar-refractivity contribution in [1.82, 2.24) is 10.2 Å². The molecule has 0 radical (unpaired) electrons. The molecule has 0 aliphatic carbocycles. The largest absolute Gasteiger partial charge is 0.351 e. The molecule has 1 heterocycles. The molecule has 1 aromatic carbocycles. The van der Waals surface area contributed by atoms with Gasteiger partial charge in [0.25, 0.3) is 5.91 Å². The second-order valence-electron chi connectivity index (χ2n) is 6.05. The Labute approximate surface area is 157 Å². The zero-order chi connectivity index (χ0) is 19.1. The van der Waals surface area contributed by atoms with Gasteiger partial charge in [0, 0.05) is 25.7 Å². The van der Waals surface area contributed by atoms with Crippen molar-refractivity contribution in [3.8, 4) is 0 Å². The number of carbonyl (C=O) groups is 3. The van der Waals surface area contributed by atoms with Gasteiger partial charge in [-0.2, -0.15) is 0 Å². The van der Waals surface area contributed by atoms with Crippen LogP contribution in [0.5, 0.6) is 0 Å². The van der Waals surface area contributed by atoms with E-state index in [2.05, 4.69) is 10.6 Å². The number of hydrogen-bond donors (Lipinski definition) is 2. The monoisotopic (exact) mass is 373 g/mol. The maximum Gasteiger partial charge on any atom is 0.261 e. The van der Waals surface area contributed by atoms with Crippen molar-refractivity contribution in [2.45, 2.75) is 20.3 Å². The highest BCUT2D eigenvalue weighted by Crippen LogP contribution is 2.19. The molecular weight excluding hydrogens is 350 g/mol. The third-order valence-electron chi connectivity index (χ3n) is 3.92. The van der Waals surface area contributed by atoms with Gasteiger partial charge in [0.15, 0.2) is 0 Å². The molecule has 2 rings (SSSR count). The first kappa shape index (κ1) is 19.7. The summed E-state index contributed by atoms with van der Waals surface area (Å²) in [5.41, 5.74) is 2.73. The standard InChI is InChI=1S/C19H23N3O3S/c1-13-6-4-7-14(2)18(13)21-16(23)12-22(3)17(24)9-10-20-19(25)15-8-5-11-26-15/h4-8,11H,9-10,12H2,1-3H3,(H,20,25)(H,21,23). The number of benzene rings is 1. The highest BCUT2D eigenvalue weighted by atomic mass is 32.1. The molecule has 0 spiro atoms. The van der Waals surface area contributed by atoms with Gasteiger partial charge < -0.3 is 15.5 Å². The zero-order valence-electron chi connectivity index (χ0n) is 15.2. The van der Waals surface area contributed by atoms with Crippen molar-refractivity contribution < 1.29 is 14.4 Å². The second kappa shape index (κ2) is 9.15. The lowest BCUT2D eigenvalue weighted by Crippen LogP contribution is -2.37. The Morgan fingerprint density at radius 1 is 1.08 bits per heavy atom. The summed E-state index contributed by atoms with van der Waals surface area (Å²) < 4.78 is 0. The molecule has 0 saturated carbocycles. The fraction of sp³-hybridized carbons (Fsp3) is 0.316. The van der Waals surface area contributed by atoms with E-state index in [0.717, 1.165) is 16.8 Å². The molecular formula is C19H23N3O3S. The second-order valence-corrected chi connectivity index (χ2v) is 7.00. The van der Waals surface area contributed by atoms with Crippen LogP contribution in [-0.2, 0) is 9.59 Å². The summed E-state index contributed by atoms with van der Waals surface area (Å²) in [6.07, 6.45) is 0.143. The SMILES string of the molecule is Cc1cccc(C)c1NC(=O)CN(C)C(=O)CCNC(=O)c1cccs1. The number of aryl methyl sites for hydroxylation is 2. The van der Waals surface area contributed by atoms with E-state index in [1.165, 1.54) is 16.2 Å². The Bertz CT molecular complexity index is 767. The van der Waals surface area contributed by atoms with Crippen LogP contribution in [0.15, 0.2) is 35.7 Å². The Morgan fingerprint density at radius 3 is 2.38 bits per heavy atom. The molecule has 0 saturated heterocycles. The lowest BCUT2D eigenvalue weighted by atomic mass is 10.1. The maximum absolute atomic E-state index is 12.2. The third-order valence-corrected chi connectivity index (χ3v) is 4.79. The number of anilines is 1. The van der Waals surface area contributed by atoms with Gasteiger partial charge in [0.2, 0.25) is 11.8 Å². The van der Waals surface area contributed by atoms with Gasteiger partial charge in [0.1, 0.15) is 0 Å². The molecule has 0 bridgehead atoms. The van der Waals surface area contributed by atoms with Crippen molar-refractivity contribution >= 4 is 34.7 Å².